The molecule has 0 aliphatic carbocycles. The van der Waals surface area contributed by atoms with Crippen molar-refractivity contribution in [3.8, 4) is 0 Å². The van der Waals surface area contributed by atoms with Crippen LogP contribution in [0.5, 0.6) is 0 Å². The number of hydrogen-bond donors (Lipinski definition) is 2. The van der Waals surface area contributed by atoms with E-state index in [9.17, 15) is 9.59 Å². The van der Waals surface area contributed by atoms with Crippen LogP contribution in [0.25, 0.3) is 10.2 Å². The second-order valence-corrected chi connectivity index (χ2v) is 10.3. The number of amides is 1. The molecule has 0 saturated carbocycles. The zero-order chi connectivity index (χ0) is 23.4. The van der Waals surface area contributed by atoms with Crippen molar-refractivity contribution in [2.45, 2.75) is 38.3 Å². The lowest BCUT2D eigenvalue weighted by molar-refractivity contribution is -0.120. The van der Waals surface area contributed by atoms with Crippen LogP contribution in [0, 0.1) is 13.8 Å². The van der Waals surface area contributed by atoms with Gasteiger partial charge in [-0.2, -0.15) is 0 Å². The highest BCUT2D eigenvalue weighted by atomic mass is 32.2. The molecule has 33 heavy (non-hydrogen) atoms. The minimum absolute atomic E-state index is 0.106. The number of rotatable bonds is 8. The minimum Gasteiger partial charge on any atom is -0.309 e. The maximum absolute atomic E-state index is 13.0. The molecule has 2 N–H and O–H groups in total. The molecule has 0 bridgehead atoms. The zero-order valence-corrected chi connectivity index (χ0v) is 20.4. The molecule has 0 unspecified atom stereocenters. The number of benzene rings is 2. The molecule has 0 aliphatic rings. The summed E-state index contributed by atoms with van der Waals surface area (Å²) in [5, 5.41) is 2.19. The minimum atomic E-state index is -0.334. The second kappa shape index (κ2) is 10.2. The summed E-state index contributed by atoms with van der Waals surface area (Å²) in [6.45, 7) is 6.36. The summed E-state index contributed by atoms with van der Waals surface area (Å²) in [6, 6.07) is 19.8. The SMILES string of the molecule is Cc1sc2nc(CS[C@@H](C)C(=O)NN(Cc3ccccc3)c3ccccc3)[nH]c(=O)c2c1C. The monoisotopic (exact) mass is 478 g/mol. The summed E-state index contributed by atoms with van der Waals surface area (Å²) in [5.41, 5.74) is 5.92. The lowest BCUT2D eigenvalue weighted by atomic mass is 10.2. The number of fused-ring (bicyclic) bond motifs is 1. The van der Waals surface area contributed by atoms with Gasteiger partial charge in [-0.15, -0.1) is 23.1 Å². The van der Waals surface area contributed by atoms with Crippen LogP contribution in [-0.4, -0.2) is 21.1 Å². The highest BCUT2D eigenvalue weighted by molar-refractivity contribution is 7.99. The maximum atomic E-state index is 13.0. The molecule has 1 amide bonds. The van der Waals surface area contributed by atoms with Gasteiger partial charge < -0.3 is 4.98 Å². The van der Waals surface area contributed by atoms with Gasteiger partial charge in [-0.25, -0.2) is 4.98 Å². The summed E-state index contributed by atoms with van der Waals surface area (Å²) in [7, 11) is 0. The van der Waals surface area contributed by atoms with Crippen molar-refractivity contribution in [1.29, 1.82) is 0 Å². The van der Waals surface area contributed by atoms with E-state index in [-0.39, 0.29) is 16.7 Å². The Balaban J connectivity index is 1.44. The third-order valence-electron chi connectivity index (χ3n) is 5.42. The topological polar surface area (TPSA) is 78.1 Å². The molecule has 2 aromatic carbocycles. The number of aromatic nitrogens is 2. The molecule has 4 aromatic rings. The van der Waals surface area contributed by atoms with Crippen molar-refractivity contribution in [3.05, 3.63) is 92.8 Å². The van der Waals surface area contributed by atoms with Crippen LogP contribution in [-0.2, 0) is 17.1 Å². The van der Waals surface area contributed by atoms with Crippen LogP contribution in [0.2, 0.25) is 0 Å². The summed E-state index contributed by atoms with van der Waals surface area (Å²) >= 11 is 2.97. The molecule has 0 saturated heterocycles. The number of thiophene rings is 1. The smallest absolute Gasteiger partial charge is 0.259 e. The van der Waals surface area contributed by atoms with Gasteiger partial charge in [0.25, 0.3) is 11.5 Å². The quantitative estimate of drug-likeness (QED) is 0.350. The van der Waals surface area contributed by atoms with Crippen LogP contribution in [0.15, 0.2) is 65.5 Å². The van der Waals surface area contributed by atoms with Crippen LogP contribution < -0.4 is 16.0 Å². The van der Waals surface area contributed by atoms with Gasteiger partial charge in [0.15, 0.2) is 0 Å². The molecule has 0 aliphatic heterocycles. The van der Waals surface area contributed by atoms with Crippen molar-refractivity contribution in [2.75, 3.05) is 5.01 Å². The maximum Gasteiger partial charge on any atom is 0.259 e. The van der Waals surface area contributed by atoms with Crippen molar-refractivity contribution in [1.82, 2.24) is 15.4 Å². The average molecular weight is 479 g/mol. The third-order valence-corrected chi connectivity index (χ3v) is 7.68. The van der Waals surface area contributed by atoms with Gasteiger partial charge in [0.05, 0.1) is 28.6 Å². The normalized spacial score (nSPS) is 12.0. The van der Waals surface area contributed by atoms with Crippen LogP contribution in [0.4, 0.5) is 5.69 Å². The van der Waals surface area contributed by atoms with Crippen LogP contribution >= 0.6 is 23.1 Å². The van der Waals surface area contributed by atoms with E-state index in [4.69, 9.17) is 0 Å². The summed E-state index contributed by atoms with van der Waals surface area (Å²) in [5.74, 6) is 0.924. The fourth-order valence-corrected chi connectivity index (χ4v) is 5.24. The predicted molar refractivity (Wildman–Crippen MR) is 138 cm³/mol. The molecule has 0 radical (unpaired) electrons. The molecule has 1 atom stereocenters. The largest absolute Gasteiger partial charge is 0.309 e. The predicted octanol–water partition coefficient (Wildman–Crippen LogP) is 4.96. The molecule has 0 fully saturated rings. The molecular weight excluding hydrogens is 452 g/mol. The van der Waals surface area contributed by atoms with E-state index in [2.05, 4.69) is 15.4 Å². The number of para-hydroxylation sites is 1. The zero-order valence-electron chi connectivity index (χ0n) is 18.8. The van der Waals surface area contributed by atoms with Crippen molar-refractivity contribution >= 4 is 44.9 Å². The number of hydrogen-bond acceptors (Lipinski definition) is 6. The van der Waals surface area contributed by atoms with E-state index in [1.807, 2.05) is 86.4 Å². The van der Waals surface area contributed by atoms with E-state index in [0.29, 0.717) is 23.5 Å². The van der Waals surface area contributed by atoms with Crippen molar-refractivity contribution in [2.24, 2.45) is 0 Å². The van der Waals surface area contributed by atoms with E-state index in [1.165, 1.54) is 23.1 Å². The van der Waals surface area contributed by atoms with Crippen LogP contribution in [0.3, 0.4) is 0 Å². The fourth-order valence-electron chi connectivity index (χ4n) is 3.44. The van der Waals surface area contributed by atoms with E-state index in [0.717, 1.165) is 26.5 Å². The van der Waals surface area contributed by atoms with Gasteiger partial charge in [-0.1, -0.05) is 48.5 Å². The first kappa shape index (κ1) is 23.1. The van der Waals surface area contributed by atoms with E-state index in [1.54, 1.807) is 0 Å². The molecule has 2 heterocycles. The molecule has 6 nitrogen and oxygen atoms in total. The Kier molecular flexibility index (Phi) is 7.15. The number of aromatic amines is 1. The lowest BCUT2D eigenvalue weighted by Crippen LogP contribution is -2.45. The van der Waals surface area contributed by atoms with Crippen molar-refractivity contribution in [3.63, 3.8) is 0 Å². The molecular formula is C25H26N4O2S2. The number of carbonyl (C=O) groups excluding carboxylic acids is 1. The number of H-pyrrole nitrogens is 1. The second-order valence-electron chi connectivity index (χ2n) is 7.81. The number of nitrogens with one attached hydrogen (secondary N) is 2. The van der Waals surface area contributed by atoms with Gasteiger partial charge >= 0.3 is 0 Å². The molecule has 8 heteroatoms. The molecule has 0 spiro atoms. The Morgan fingerprint density at radius 1 is 1.12 bits per heavy atom. The number of aryl methyl sites for hydroxylation is 2. The van der Waals surface area contributed by atoms with Gasteiger partial charge in [0.2, 0.25) is 0 Å². The number of hydrazine groups is 1. The number of nitrogens with zero attached hydrogens (tertiary/aromatic N) is 2. The molecule has 2 aromatic heterocycles. The van der Waals surface area contributed by atoms with E-state index < -0.39 is 0 Å². The fraction of sp³-hybridized carbons (Fsp3) is 0.240. The first-order chi connectivity index (χ1) is 15.9. The van der Waals surface area contributed by atoms with Gasteiger partial charge in [-0.05, 0) is 44.0 Å². The highest BCUT2D eigenvalue weighted by Crippen LogP contribution is 2.26. The Labute approximate surface area is 201 Å². The standard InChI is InChI=1S/C25H26N4O2S2/c1-16-17(2)33-25-22(16)24(31)26-21(27-25)15-32-18(3)23(30)28-29(20-12-8-5-9-13-20)14-19-10-6-4-7-11-19/h4-13,18H,14-15H2,1-3H3,(H,28,30)(H,26,27,31)/t18-/m0/s1. The number of carbonyl (C=O) groups is 1. The van der Waals surface area contributed by atoms with E-state index >= 15 is 0 Å². The molecule has 4 rings (SSSR count). The van der Waals surface area contributed by atoms with Gasteiger partial charge in [0, 0.05) is 4.88 Å². The first-order valence-electron chi connectivity index (χ1n) is 10.7. The Bertz CT molecular complexity index is 1300. The summed E-state index contributed by atoms with van der Waals surface area (Å²) in [6.07, 6.45) is 0. The third kappa shape index (κ3) is 5.46. The van der Waals surface area contributed by atoms with Crippen molar-refractivity contribution < 1.29 is 4.79 Å². The number of anilines is 1. The Morgan fingerprint density at radius 3 is 2.48 bits per heavy atom. The van der Waals surface area contributed by atoms with Gasteiger partial charge in [-0.3, -0.25) is 20.0 Å². The summed E-state index contributed by atoms with van der Waals surface area (Å²) in [4.78, 5) is 34.8. The first-order valence-corrected chi connectivity index (χ1v) is 12.6. The lowest BCUT2D eigenvalue weighted by Gasteiger charge is -2.27. The van der Waals surface area contributed by atoms with Crippen LogP contribution in [0.1, 0.15) is 28.8 Å². The number of thioether (sulfide) groups is 1. The summed E-state index contributed by atoms with van der Waals surface area (Å²) < 4.78 is 0. The highest BCUT2D eigenvalue weighted by Gasteiger charge is 2.19. The molecule has 170 valence electrons. The Hall–Kier alpha value is -3.10. The average Bonchev–Trinajstić information content (AvgIpc) is 3.11. The van der Waals surface area contributed by atoms with Gasteiger partial charge in [0.1, 0.15) is 10.7 Å². The Morgan fingerprint density at radius 2 is 1.79 bits per heavy atom.